The van der Waals surface area contributed by atoms with E-state index in [9.17, 15) is 4.79 Å². The van der Waals surface area contributed by atoms with Crippen molar-refractivity contribution < 1.29 is 4.79 Å². The molecule has 0 spiro atoms. The van der Waals surface area contributed by atoms with E-state index in [1.165, 1.54) is 18.4 Å². The molecule has 1 N–H and O–H groups in total. The zero-order valence-corrected chi connectivity index (χ0v) is 12.9. The lowest BCUT2D eigenvalue weighted by Crippen LogP contribution is -2.50. The number of hydrogen-bond donors (Lipinski definition) is 1. The summed E-state index contributed by atoms with van der Waals surface area (Å²) in [6.45, 7) is 8.00. The maximum absolute atomic E-state index is 12.8. The summed E-state index contributed by atoms with van der Waals surface area (Å²) in [6.07, 6.45) is 3.33. The van der Waals surface area contributed by atoms with Crippen LogP contribution in [0.4, 0.5) is 5.69 Å². The number of carbonyl (C=O) groups is 1. The summed E-state index contributed by atoms with van der Waals surface area (Å²) < 4.78 is 0. The second-order valence-electron chi connectivity index (χ2n) is 5.73. The molecule has 3 heteroatoms. The van der Waals surface area contributed by atoms with Gasteiger partial charge >= 0.3 is 0 Å². The first-order valence-electron chi connectivity index (χ1n) is 7.77. The van der Waals surface area contributed by atoms with Crippen molar-refractivity contribution in [1.29, 1.82) is 0 Å². The predicted octanol–water partition coefficient (Wildman–Crippen LogP) is 3.13. The van der Waals surface area contributed by atoms with E-state index in [4.69, 9.17) is 0 Å². The van der Waals surface area contributed by atoms with Crippen LogP contribution in [-0.4, -0.2) is 25.0 Å². The summed E-state index contributed by atoms with van der Waals surface area (Å²) in [5, 5.41) is 3.39. The summed E-state index contributed by atoms with van der Waals surface area (Å²) in [5.74, 6) is 0.901. The van der Waals surface area contributed by atoms with Gasteiger partial charge < -0.3 is 10.2 Å². The first-order chi connectivity index (χ1) is 9.65. The molecular formula is C17H26N2O. The Hall–Kier alpha value is -1.35. The van der Waals surface area contributed by atoms with Crippen molar-refractivity contribution >= 4 is 11.6 Å². The number of hydrogen-bond acceptors (Lipinski definition) is 2. The van der Waals surface area contributed by atoms with Crippen LogP contribution >= 0.6 is 0 Å². The fourth-order valence-electron chi connectivity index (χ4n) is 3.00. The molecular weight excluding hydrogens is 248 g/mol. The molecule has 1 aromatic carbocycles. The van der Waals surface area contributed by atoms with Crippen LogP contribution in [0.15, 0.2) is 24.3 Å². The van der Waals surface area contributed by atoms with Crippen molar-refractivity contribution in [2.45, 2.75) is 46.1 Å². The number of piperidine rings is 1. The number of nitrogens with one attached hydrogen (secondary N) is 1. The van der Waals surface area contributed by atoms with Gasteiger partial charge in [0, 0.05) is 12.2 Å². The molecule has 20 heavy (non-hydrogen) atoms. The lowest BCUT2D eigenvalue weighted by molar-refractivity contribution is -0.121. The van der Waals surface area contributed by atoms with Crippen LogP contribution in [0.25, 0.3) is 0 Å². The Morgan fingerprint density at radius 3 is 2.85 bits per heavy atom. The van der Waals surface area contributed by atoms with E-state index in [0.717, 1.165) is 25.2 Å². The second-order valence-corrected chi connectivity index (χ2v) is 5.73. The summed E-state index contributed by atoms with van der Waals surface area (Å²) in [4.78, 5) is 14.7. The van der Waals surface area contributed by atoms with E-state index in [-0.39, 0.29) is 11.9 Å². The maximum atomic E-state index is 12.8. The Kier molecular flexibility index (Phi) is 5.18. The maximum Gasteiger partial charge on any atom is 0.244 e. The molecule has 1 saturated heterocycles. The summed E-state index contributed by atoms with van der Waals surface area (Å²) in [6, 6.07) is 8.17. The SMILES string of the molecule is CCC1CCNC(C(=O)N(CC)c2cccc(C)c2)C1. The predicted molar refractivity (Wildman–Crippen MR) is 84.0 cm³/mol. The number of aryl methyl sites for hydroxylation is 1. The Morgan fingerprint density at radius 1 is 1.40 bits per heavy atom. The van der Waals surface area contributed by atoms with Gasteiger partial charge in [0.25, 0.3) is 0 Å². The minimum absolute atomic E-state index is 0.0193. The highest BCUT2D eigenvalue weighted by atomic mass is 16.2. The van der Waals surface area contributed by atoms with Crippen molar-refractivity contribution in [3.05, 3.63) is 29.8 Å². The summed E-state index contributed by atoms with van der Waals surface area (Å²) in [7, 11) is 0. The van der Waals surface area contributed by atoms with Gasteiger partial charge in [-0.2, -0.15) is 0 Å². The van der Waals surface area contributed by atoms with Crippen LogP contribution in [0.1, 0.15) is 38.7 Å². The van der Waals surface area contributed by atoms with Gasteiger partial charge in [0.2, 0.25) is 5.91 Å². The van der Waals surface area contributed by atoms with Crippen molar-refractivity contribution in [3.8, 4) is 0 Å². The molecule has 2 atom stereocenters. The molecule has 1 amide bonds. The van der Waals surface area contributed by atoms with Crippen molar-refractivity contribution in [3.63, 3.8) is 0 Å². The van der Waals surface area contributed by atoms with E-state index in [1.807, 2.05) is 24.0 Å². The topological polar surface area (TPSA) is 32.3 Å². The molecule has 0 aromatic heterocycles. The van der Waals surface area contributed by atoms with Gasteiger partial charge in [-0.3, -0.25) is 4.79 Å². The number of carbonyl (C=O) groups excluding carboxylic acids is 1. The third kappa shape index (κ3) is 3.40. The lowest BCUT2D eigenvalue weighted by Gasteiger charge is -2.33. The van der Waals surface area contributed by atoms with Crippen LogP contribution in [-0.2, 0) is 4.79 Å². The van der Waals surface area contributed by atoms with Crippen LogP contribution in [0.3, 0.4) is 0 Å². The van der Waals surface area contributed by atoms with Gasteiger partial charge in [0.15, 0.2) is 0 Å². The van der Waals surface area contributed by atoms with E-state index in [1.54, 1.807) is 0 Å². The molecule has 2 unspecified atom stereocenters. The number of amides is 1. The zero-order chi connectivity index (χ0) is 14.5. The first kappa shape index (κ1) is 15.0. The summed E-state index contributed by atoms with van der Waals surface area (Å²) >= 11 is 0. The highest BCUT2D eigenvalue weighted by molar-refractivity contribution is 5.97. The van der Waals surface area contributed by atoms with Gasteiger partial charge in [-0.15, -0.1) is 0 Å². The monoisotopic (exact) mass is 274 g/mol. The van der Waals surface area contributed by atoms with Gasteiger partial charge in [0.05, 0.1) is 6.04 Å². The van der Waals surface area contributed by atoms with E-state index >= 15 is 0 Å². The minimum atomic E-state index is -0.0193. The normalized spacial score (nSPS) is 22.6. The quantitative estimate of drug-likeness (QED) is 0.915. The van der Waals surface area contributed by atoms with Crippen molar-refractivity contribution in [1.82, 2.24) is 5.32 Å². The molecule has 1 heterocycles. The van der Waals surface area contributed by atoms with Crippen molar-refractivity contribution in [2.75, 3.05) is 18.0 Å². The Morgan fingerprint density at radius 2 is 2.20 bits per heavy atom. The fourth-order valence-corrected chi connectivity index (χ4v) is 3.00. The molecule has 0 saturated carbocycles. The van der Waals surface area contributed by atoms with Crippen LogP contribution in [0.5, 0.6) is 0 Å². The van der Waals surface area contributed by atoms with Gasteiger partial charge in [-0.05, 0) is 56.8 Å². The average Bonchev–Trinajstić information content (AvgIpc) is 2.48. The smallest absolute Gasteiger partial charge is 0.244 e. The standard InChI is InChI=1S/C17H26N2O/c1-4-14-9-10-18-16(12-14)17(20)19(5-2)15-8-6-7-13(3)11-15/h6-8,11,14,16,18H,4-5,9-10,12H2,1-3H3. The second kappa shape index (κ2) is 6.89. The van der Waals surface area contributed by atoms with Gasteiger partial charge in [-0.1, -0.05) is 25.5 Å². The molecule has 0 radical (unpaired) electrons. The Bertz CT molecular complexity index is 458. The minimum Gasteiger partial charge on any atom is -0.311 e. The molecule has 3 nitrogen and oxygen atoms in total. The number of nitrogens with zero attached hydrogens (tertiary/aromatic N) is 1. The van der Waals surface area contributed by atoms with Crippen LogP contribution < -0.4 is 10.2 Å². The molecule has 0 aliphatic carbocycles. The van der Waals surface area contributed by atoms with E-state index in [0.29, 0.717) is 5.92 Å². The number of anilines is 1. The highest BCUT2D eigenvalue weighted by Gasteiger charge is 2.29. The third-order valence-corrected chi connectivity index (χ3v) is 4.28. The van der Waals surface area contributed by atoms with Crippen LogP contribution in [0, 0.1) is 12.8 Å². The fraction of sp³-hybridized carbons (Fsp3) is 0.588. The van der Waals surface area contributed by atoms with E-state index < -0.39 is 0 Å². The largest absolute Gasteiger partial charge is 0.311 e. The highest BCUT2D eigenvalue weighted by Crippen LogP contribution is 2.23. The lowest BCUT2D eigenvalue weighted by atomic mass is 9.90. The first-order valence-corrected chi connectivity index (χ1v) is 7.77. The van der Waals surface area contributed by atoms with Crippen molar-refractivity contribution in [2.24, 2.45) is 5.92 Å². The number of likely N-dealkylation sites (N-methyl/N-ethyl adjacent to an activating group) is 1. The zero-order valence-electron chi connectivity index (χ0n) is 12.9. The Balaban J connectivity index is 2.12. The van der Waals surface area contributed by atoms with Crippen LogP contribution in [0.2, 0.25) is 0 Å². The molecule has 2 rings (SSSR count). The molecule has 1 fully saturated rings. The summed E-state index contributed by atoms with van der Waals surface area (Å²) in [5.41, 5.74) is 2.20. The molecule has 1 aromatic rings. The molecule has 1 aliphatic heterocycles. The van der Waals surface area contributed by atoms with E-state index in [2.05, 4.69) is 31.3 Å². The van der Waals surface area contributed by atoms with Gasteiger partial charge in [-0.25, -0.2) is 0 Å². The van der Waals surface area contributed by atoms with Gasteiger partial charge in [0.1, 0.15) is 0 Å². The Labute approximate surface area is 122 Å². The number of rotatable bonds is 4. The third-order valence-electron chi connectivity index (χ3n) is 4.28. The average molecular weight is 274 g/mol. The number of benzene rings is 1. The molecule has 1 aliphatic rings. The molecule has 110 valence electrons. The molecule has 0 bridgehead atoms.